The van der Waals surface area contributed by atoms with Gasteiger partial charge in [-0.1, -0.05) is 54.6 Å². The van der Waals surface area contributed by atoms with Gasteiger partial charge in [0.15, 0.2) is 0 Å². The number of nitrogens with one attached hydrogen (secondary N) is 1. The number of carbonyl (C=O) groups is 3. The average Bonchev–Trinajstić information content (AvgIpc) is 3.65. The number of allylic oxidation sites excluding steroid dienone is 1. The fourth-order valence-electron chi connectivity index (χ4n) is 6.89. The van der Waals surface area contributed by atoms with Crippen LogP contribution in [0.2, 0.25) is 0 Å². The lowest BCUT2D eigenvalue weighted by atomic mass is 10.0. The molecule has 3 aliphatic rings. The van der Waals surface area contributed by atoms with Crippen molar-refractivity contribution in [2.75, 3.05) is 19.6 Å². The van der Waals surface area contributed by atoms with E-state index in [1.165, 1.54) is 10.5 Å². The molecule has 3 atom stereocenters. The van der Waals surface area contributed by atoms with E-state index in [0.717, 1.165) is 24.0 Å². The minimum absolute atomic E-state index is 0.0221. The Balaban J connectivity index is 1.08. The summed E-state index contributed by atoms with van der Waals surface area (Å²) in [6.45, 7) is 4.81. The van der Waals surface area contributed by atoms with E-state index >= 15 is 0 Å². The highest BCUT2D eigenvalue weighted by Gasteiger charge is 2.39. The maximum absolute atomic E-state index is 13.4. The van der Waals surface area contributed by atoms with Crippen LogP contribution in [0.15, 0.2) is 90.3 Å². The van der Waals surface area contributed by atoms with Crippen molar-refractivity contribution in [1.82, 2.24) is 14.5 Å². The van der Waals surface area contributed by atoms with Gasteiger partial charge >= 0.3 is 0 Å². The average molecular weight is 612 g/mol. The third kappa shape index (κ3) is 5.99. The number of carbonyl (C=O) groups excluding carboxylic acids is 3. The van der Waals surface area contributed by atoms with E-state index in [2.05, 4.69) is 23.4 Å². The Labute approximate surface area is 258 Å². The molecule has 3 unspecified atom stereocenters. The van der Waals surface area contributed by atoms with Crippen LogP contribution in [0.3, 0.4) is 0 Å². The molecular weight excluding hydrogens is 574 g/mol. The lowest BCUT2D eigenvalue weighted by Gasteiger charge is -2.25. The summed E-state index contributed by atoms with van der Waals surface area (Å²) in [5.41, 5.74) is 4.02. The van der Waals surface area contributed by atoms with E-state index in [1.807, 2.05) is 29.2 Å². The number of imide groups is 1. The summed E-state index contributed by atoms with van der Waals surface area (Å²) < 4.78 is 29.6. The number of nitrogens with zero attached hydrogens (tertiary/aromatic N) is 2. The molecule has 1 N–H and O–H groups in total. The van der Waals surface area contributed by atoms with E-state index < -0.39 is 10.0 Å². The number of likely N-dealkylation sites (tertiary alicyclic amines) is 1. The standard InChI is InChI=1S/C35H37N3O5S/c1-2-9-27-20-29(37(33(27)39)17-8-12-24-10-4-3-5-11-24)22-36-44(42,43)30-16-15-26-18-25(19-28(26)21-30)23-38-34(40)31-13-6-7-14-32(31)35(38)41/h2-7,10-11,13-16,21,25,27,29,36H,1,8-9,12,17-20,22-23H2. The zero-order valence-electron chi connectivity index (χ0n) is 24.7. The lowest BCUT2D eigenvalue weighted by molar-refractivity contribution is -0.131. The SMILES string of the molecule is C=CCC1CC(CNS(=O)(=O)c2ccc3c(c2)CC(CN2C(=O)c4ccccc4C2=O)C3)N(CCCc2ccccc2)C1=O. The van der Waals surface area contributed by atoms with Gasteiger partial charge in [0.25, 0.3) is 11.8 Å². The Bertz CT molecular complexity index is 1670. The number of hydrogen-bond donors (Lipinski definition) is 1. The number of benzene rings is 3. The summed E-state index contributed by atoms with van der Waals surface area (Å²) in [6, 6.07) is 21.9. The fourth-order valence-corrected chi connectivity index (χ4v) is 8.01. The molecule has 0 aromatic heterocycles. The first-order chi connectivity index (χ1) is 21.2. The maximum atomic E-state index is 13.4. The fraction of sp³-hybridized carbons (Fsp3) is 0.343. The van der Waals surface area contributed by atoms with Crippen molar-refractivity contribution >= 4 is 27.7 Å². The zero-order valence-corrected chi connectivity index (χ0v) is 25.5. The van der Waals surface area contributed by atoms with Gasteiger partial charge in [0.2, 0.25) is 15.9 Å². The monoisotopic (exact) mass is 611 g/mol. The molecule has 8 nitrogen and oxygen atoms in total. The highest BCUT2D eigenvalue weighted by atomic mass is 32.2. The molecule has 1 fully saturated rings. The highest BCUT2D eigenvalue weighted by molar-refractivity contribution is 7.89. The predicted octanol–water partition coefficient (Wildman–Crippen LogP) is 4.40. The Morgan fingerprint density at radius 1 is 0.886 bits per heavy atom. The summed E-state index contributed by atoms with van der Waals surface area (Å²) >= 11 is 0. The lowest BCUT2D eigenvalue weighted by Crippen LogP contribution is -2.42. The first-order valence-corrected chi connectivity index (χ1v) is 16.8. The number of sulfonamides is 1. The van der Waals surface area contributed by atoms with Crippen molar-refractivity contribution in [2.24, 2.45) is 11.8 Å². The highest BCUT2D eigenvalue weighted by Crippen LogP contribution is 2.32. The molecular formula is C35H37N3O5S. The minimum atomic E-state index is -3.82. The first kappa shape index (κ1) is 30.0. The molecule has 0 saturated carbocycles. The van der Waals surface area contributed by atoms with Crippen LogP contribution in [0.1, 0.15) is 56.7 Å². The molecule has 3 aromatic rings. The number of hydrogen-bond acceptors (Lipinski definition) is 5. The second-order valence-corrected chi connectivity index (χ2v) is 13.8. The molecule has 0 spiro atoms. The van der Waals surface area contributed by atoms with Crippen molar-refractivity contribution in [3.8, 4) is 0 Å². The van der Waals surface area contributed by atoms with Crippen LogP contribution in [-0.4, -0.2) is 61.6 Å². The van der Waals surface area contributed by atoms with E-state index in [4.69, 9.17) is 0 Å². The molecule has 228 valence electrons. The van der Waals surface area contributed by atoms with Gasteiger partial charge in [0.05, 0.1) is 16.0 Å². The molecule has 0 bridgehead atoms. The normalized spacial score (nSPS) is 21.2. The summed E-state index contributed by atoms with van der Waals surface area (Å²) in [6.07, 6.45) is 5.81. The van der Waals surface area contributed by atoms with Crippen LogP contribution in [0.4, 0.5) is 0 Å². The van der Waals surface area contributed by atoms with Crippen LogP contribution in [0.25, 0.3) is 0 Å². The van der Waals surface area contributed by atoms with E-state index in [0.29, 0.717) is 49.9 Å². The second kappa shape index (κ2) is 12.5. The number of amides is 3. The van der Waals surface area contributed by atoms with E-state index in [-0.39, 0.29) is 47.0 Å². The van der Waals surface area contributed by atoms with Gasteiger partial charge in [0.1, 0.15) is 0 Å². The molecule has 3 aromatic carbocycles. The third-order valence-corrected chi connectivity index (χ3v) is 10.5. The van der Waals surface area contributed by atoms with Crippen molar-refractivity contribution < 1.29 is 22.8 Å². The Morgan fingerprint density at radius 3 is 2.27 bits per heavy atom. The van der Waals surface area contributed by atoms with Crippen molar-refractivity contribution in [3.63, 3.8) is 0 Å². The van der Waals surface area contributed by atoms with Crippen LogP contribution >= 0.6 is 0 Å². The maximum Gasteiger partial charge on any atom is 0.261 e. The Morgan fingerprint density at radius 2 is 1.57 bits per heavy atom. The molecule has 2 heterocycles. The van der Waals surface area contributed by atoms with Gasteiger partial charge in [-0.05, 0) is 85.4 Å². The molecule has 0 radical (unpaired) electrons. The molecule has 9 heteroatoms. The largest absolute Gasteiger partial charge is 0.338 e. The molecule has 1 aliphatic carbocycles. The van der Waals surface area contributed by atoms with Crippen LogP contribution in [0.5, 0.6) is 0 Å². The second-order valence-electron chi connectivity index (χ2n) is 12.1. The molecule has 6 rings (SSSR count). The van der Waals surface area contributed by atoms with Gasteiger partial charge in [-0.3, -0.25) is 19.3 Å². The Hall–Kier alpha value is -4.08. The van der Waals surface area contributed by atoms with E-state index in [9.17, 15) is 22.8 Å². The summed E-state index contributed by atoms with van der Waals surface area (Å²) in [5.74, 6) is -0.650. The topological polar surface area (TPSA) is 104 Å². The Kier molecular flexibility index (Phi) is 8.51. The number of fused-ring (bicyclic) bond motifs is 2. The smallest absolute Gasteiger partial charge is 0.261 e. The molecule has 1 saturated heterocycles. The van der Waals surface area contributed by atoms with Crippen LogP contribution in [0, 0.1) is 11.8 Å². The molecule has 44 heavy (non-hydrogen) atoms. The molecule has 3 amide bonds. The van der Waals surface area contributed by atoms with Gasteiger partial charge in [-0.2, -0.15) is 0 Å². The number of rotatable bonds is 12. The van der Waals surface area contributed by atoms with Gasteiger partial charge in [-0.25, -0.2) is 13.1 Å². The summed E-state index contributed by atoms with van der Waals surface area (Å²) in [4.78, 5) is 42.2. The summed E-state index contributed by atoms with van der Waals surface area (Å²) in [5, 5.41) is 0. The number of aryl methyl sites for hydroxylation is 1. The van der Waals surface area contributed by atoms with E-state index in [1.54, 1.807) is 42.5 Å². The zero-order chi connectivity index (χ0) is 30.8. The quantitative estimate of drug-likeness (QED) is 0.242. The summed E-state index contributed by atoms with van der Waals surface area (Å²) in [7, 11) is -3.82. The van der Waals surface area contributed by atoms with Crippen molar-refractivity contribution in [3.05, 3.63) is 113 Å². The predicted molar refractivity (Wildman–Crippen MR) is 168 cm³/mol. The van der Waals surface area contributed by atoms with Crippen LogP contribution in [-0.2, 0) is 34.1 Å². The van der Waals surface area contributed by atoms with Gasteiger partial charge in [0, 0.05) is 31.6 Å². The van der Waals surface area contributed by atoms with Crippen LogP contribution < -0.4 is 4.72 Å². The molecule has 2 aliphatic heterocycles. The van der Waals surface area contributed by atoms with Gasteiger partial charge < -0.3 is 4.90 Å². The third-order valence-electron chi connectivity index (χ3n) is 9.12. The van der Waals surface area contributed by atoms with Crippen molar-refractivity contribution in [2.45, 2.75) is 49.5 Å². The van der Waals surface area contributed by atoms with Crippen molar-refractivity contribution in [1.29, 1.82) is 0 Å². The first-order valence-electron chi connectivity index (χ1n) is 15.3. The van der Waals surface area contributed by atoms with Gasteiger partial charge in [-0.15, -0.1) is 6.58 Å². The minimum Gasteiger partial charge on any atom is -0.338 e.